The van der Waals surface area contributed by atoms with Crippen LogP contribution < -0.4 is 5.32 Å². The molecule has 0 saturated heterocycles. The van der Waals surface area contributed by atoms with E-state index in [-0.39, 0.29) is 24.8 Å². The number of amides is 2. The van der Waals surface area contributed by atoms with Gasteiger partial charge in [0.25, 0.3) is 5.91 Å². The topological polar surface area (TPSA) is 114 Å². The van der Waals surface area contributed by atoms with Crippen molar-refractivity contribution in [1.82, 2.24) is 20.0 Å². The van der Waals surface area contributed by atoms with Crippen LogP contribution >= 0.6 is 0 Å². The van der Waals surface area contributed by atoms with Gasteiger partial charge in [-0.2, -0.15) is 5.10 Å². The fourth-order valence-electron chi connectivity index (χ4n) is 4.19. The lowest BCUT2D eigenvalue weighted by Crippen LogP contribution is -2.51. The Morgan fingerprint density at radius 2 is 1.66 bits per heavy atom. The van der Waals surface area contributed by atoms with Crippen LogP contribution in [0.3, 0.4) is 0 Å². The zero-order valence-corrected chi connectivity index (χ0v) is 20.1. The molecule has 0 atom stereocenters. The van der Waals surface area contributed by atoms with Crippen LogP contribution in [0.25, 0.3) is 11.1 Å². The second-order valence-corrected chi connectivity index (χ2v) is 9.05. The molecule has 1 aliphatic rings. The van der Waals surface area contributed by atoms with E-state index < -0.39 is 23.5 Å². The number of carbonyl (C=O) groups excluding carboxylic acids is 2. The molecule has 0 saturated carbocycles. The number of fused-ring (bicyclic) bond motifs is 3. The third kappa shape index (κ3) is 4.49. The number of carboxylic acid groups (broad SMARTS) is 1. The first-order chi connectivity index (χ1) is 16.6. The summed E-state index contributed by atoms with van der Waals surface area (Å²) >= 11 is 0. The van der Waals surface area contributed by atoms with Crippen LogP contribution in [0.2, 0.25) is 0 Å². The lowest BCUT2D eigenvalue weighted by atomic mass is 9.98. The average Bonchev–Trinajstić information content (AvgIpc) is 3.37. The Hall–Kier alpha value is -4.14. The number of likely N-dealkylation sites (N-methyl/N-ethyl adjacent to an activating group) is 1. The maximum atomic E-state index is 12.8. The molecule has 0 aliphatic heterocycles. The van der Waals surface area contributed by atoms with Crippen LogP contribution in [0.1, 0.15) is 47.1 Å². The summed E-state index contributed by atoms with van der Waals surface area (Å²) in [5.74, 6) is -1.65. The van der Waals surface area contributed by atoms with Gasteiger partial charge in [-0.25, -0.2) is 9.59 Å². The van der Waals surface area contributed by atoms with Crippen molar-refractivity contribution < 1.29 is 24.2 Å². The van der Waals surface area contributed by atoms with E-state index in [0.29, 0.717) is 5.69 Å². The number of aliphatic carboxylic acids is 1. The molecule has 2 amide bonds. The molecular weight excluding hydrogens is 448 g/mol. The van der Waals surface area contributed by atoms with Crippen molar-refractivity contribution in [3.63, 3.8) is 0 Å². The van der Waals surface area contributed by atoms with Crippen LogP contribution in [-0.4, -0.2) is 57.0 Å². The highest BCUT2D eigenvalue weighted by molar-refractivity contribution is 5.96. The molecule has 3 aromatic rings. The standard InChI is InChI=1S/C26H28N4O5/c1-26(2,24(32)33)29(3)23(31)22-13-16(28-30(22)4)14-27-25(34)35-15-21-19-11-7-5-9-17(19)18-10-6-8-12-20(18)21/h5-13,21H,14-15H2,1-4H3,(H,27,34)(H,32,33). The number of nitrogens with one attached hydrogen (secondary N) is 1. The summed E-state index contributed by atoms with van der Waals surface area (Å²) in [6.07, 6.45) is -0.588. The average molecular weight is 477 g/mol. The van der Waals surface area contributed by atoms with Crippen molar-refractivity contribution in [3.05, 3.63) is 77.1 Å². The minimum atomic E-state index is -1.39. The second kappa shape index (κ2) is 9.25. The number of alkyl carbamates (subject to hydrolysis) is 1. The molecule has 0 spiro atoms. The van der Waals surface area contributed by atoms with E-state index in [1.807, 2.05) is 24.3 Å². The van der Waals surface area contributed by atoms with E-state index in [4.69, 9.17) is 4.74 Å². The first kappa shape index (κ1) is 24.0. The summed E-state index contributed by atoms with van der Waals surface area (Å²) < 4.78 is 6.90. The third-order valence-corrected chi connectivity index (χ3v) is 6.57. The van der Waals surface area contributed by atoms with Gasteiger partial charge in [-0.1, -0.05) is 48.5 Å². The molecule has 2 N–H and O–H groups in total. The molecule has 1 heterocycles. The fraction of sp³-hybridized carbons (Fsp3) is 0.308. The van der Waals surface area contributed by atoms with Gasteiger partial charge in [-0.15, -0.1) is 0 Å². The monoisotopic (exact) mass is 476 g/mol. The molecule has 2 aromatic carbocycles. The van der Waals surface area contributed by atoms with Crippen LogP contribution in [0, 0.1) is 0 Å². The van der Waals surface area contributed by atoms with Crippen molar-refractivity contribution in [2.75, 3.05) is 13.7 Å². The van der Waals surface area contributed by atoms with Gasteiger partial charge in [-0.3, -0.25) is 9.48 Å². The van der Waals surface area contributed by atoms with Gasteiger partial charge in [0.1, 0.15) is 17.8 Å². The molecule has 1 aliphatic carbocycles. The van der Waals surface area contributed by atoms with Gasteiger partial charge in [-0.05, 0) is 42.2 Å². The summed E-state index contributed by atoms with van der Waals surface area (Å²) in [5, 5.41) is 16.3. The molecule has 4 rings (SSSR count). The molecule has 0 bridgehead atoms. The van der Waals surface area contributed by atoms with E-state index in [2.05, 4.69) is 34.7 Å². The number of aryl methyl sites for hydroxylation is 1. The van der Waals surface area contributed by atoms with Gasteiger partial charge in [0, 0.05) is 20.0 Å². The number of aromatic nitrogens is 2. The number of hydrogen-bond acceptors (Lipinski definition) is 5. The SMILES string of the molecule is CN(C(=O)c1cc(CNC(=O)OCC2c3ccccc3-c3ccccc32)nn1C)C(C)(C)C(=O)O. The Bertz CT molecular complexity index is 1250. The van der Waals surface area contributed by atoms with Crippen molar-refractivity contribution in [2.45, 2.75) is 31.8 Å². The molecule has 182 valence electrons. The smallest absolute Gasteiger partial charge is 0.407 e. The number of carbonyl (C=O) groups is 3. The van der Waals surface area contributed by atoms with Gasteiger partial charge >= 0.3 is 12.1 Å². The molecule has 0 fully saturated rings. The summed E-state index contributed by atoms with van der Waals surface area (Å²) in [5.41, 5.74) is 3.83. The van der Waals surface area contributed by atoms with E-state index in [0.717, 1.165) is 27.2 Å². The first-order valence-electron chi connectivity index (χ1n) is 11.2. The molecule has 0 unspecified atom stereocenters. The normalized spacial score (nSPS) is 12.6. The fourth-order valence-corrected chi connectivity index (χ4v) is 4.19. The minimum Gasteiger partial charge on any atom is -0.480 e. The minimum absolute atomic E-state index is 0.0413. The lowest BCUT2D eigenvalue weighted by Gasteiger charge is -2.31. The highest BCUT2D eigenvalue weighted by Crippen LogP contribution is 2.44. The number of nitrogens with zero attached hydrogens (tertiary/aromatic N) is 3. The summed E-state index contributed by atoms with van der Waals surface area (Å²) in [4.78, 5) is 37.9. The Morgan fingerprint density at radius 3 is 2.23 bits per heavy atom. The number of benzene rings is 2. The Kier molecular flexibility index (Phi) is 6.34. The van der Waals surface area contributed by atoms with Crippen molar-refractivity contribution in [1.29, 1.82) is 0 Å². The van der Waals surface area contributed by atoms with Gasteiger partial charge < -0.3 is 20.1 Å². The Morgan fingerprint density at radius 1 is 1.09 bits per heavy atom. The first-order valence-corrected chi connectivity index (χ1v) is 11.2. The summed E-state index contributed by atoms with van der Waals surface area (Å²) in [7, 11) is 3.02. The van der Waals surface area contributed by atoms with Gasteiger partial charge in [0.2, 0.25) is 0 Å². The maximum absolute atomic E-state index is 12.8. The van der Waals surface area contributed by atoms with E-state index in [1.165, 1.54) is 31.6 Å². The third-order valence-electron chi connectivity index (χ3n) is 6.57. The molecule has 1 aromatic heterocycles. The van der Waals surface area contributed by atoms with E-state index >= 15 is 0 Å². The molecule has 35 heavy (non-hydrogen) atoms. The summed E-state index contributed by atoms with van der Waals surface area (Å²) in [6, 6.07) is 17.7. The van der Waals surface area contributed by atoms with Crippen LogP contribution in [0.5, 0.6) is 0 Å². The zero-order chi connectivity index (χ0) is 25.3. The van der Waals surface area contributed by atoms with Gasteiger partial charge in [0.15, 0.2) is 0 Å². The van der Waals surface area contributed by atoms with Crippen molar-refractivity contribution in [3.8, 4) is 11.1 Å². The molecular formula is C26H28N4O5. The molecule has 9 nitrogen and oxygen atoms in total. The van der Waals surface area contributed by atoms with Crippen molar-refractivity contribution >= 4 is 18.0 Å². The van der Waals surface area contributed by atoms with E-state index in [9.17, 15) is 19.5 Å². The largest absolute Gasteiger partial charge is 0.480 e. The summed E-state index contributed by atoms with van der Waals surface area (Å²) in [6.45, 7) is 3.15. The second-order valence-electron chi connectivity index (χ2n) is 9.05. The quantitative estimate of drug-likeness (QED) is 0.540. The number of ether oxygens (including phenoxy) is 1. The van der Waals surface area contributed by atoms with Crippen LogP contribution in [-0.2, 0) is 23.1 Å². The predicted molar refractivity (Wildman–Crippen MR) is 129 cm³/mol. The number of rotatable bonds is 7. The van der Waals surface area contributed by atoms with Crippen LogP contribution in [0.4, 0.5) is 4.79 Å². The van der Waals surface area contributed by atoms with Gasteiger partial charge in [0.05, 0.1) is 12.2 Å². The highest BCUT2D eigenvalue weighted by atomic mass is 16.5. The maximum Gasteiger partial charge on any atom is 0.407 e. The zero-order valence-electron chi connectivity index (χ0n) is 20.1. The number of carboxylic acids is 1. The highest BCUT2D eigenvalue weighted by Gasteiger charge is 2.36. The number of hydrogen-bond donors (Lipinski definition) is 2. The lowest BCUT2D eigenvalue weighted by molar-refractivity contribution is -0.147. The van der Waals surface area contributed by atoms with Crippen LogP contribution in [0.15, 0.2) is 54.6 Å². The van der Waals surface area contributed by atoms with Crippen molar-refractivity contribution in [2.24, 2.45) is 7.05 Å². The molecule has 0 radical (unpaired) electrons. The molecule has 9 heteroatoms. The predicted octanol–water partition coefficient (Wildman–Crippen LogP) is 3.39. The Balaban J connectivity index is 1.37. The Labute approximate surface area is 203 Å². The van der Waals surface area contributed by atoms with E-state index in [1.54, 1.807) is 7.05 Å².